The maximum absolute atomic E-state index is 12.7. The minimum Gasteiger partial charge on any atom is -0.305 e. The van der Waals surface area contributed by atoms with Crippen molar-refractivity contribution in [3.63, 3.8) is 0 Å². The van der Waals surface area contributed by atoms with Gasteiger partial charge in [-0.1, -0.05) is 12.1 Å². The van der Waals surface area contributed by atoms with E-state index in [1.54, 1.807) is 11.3 Å². The summed E-state index contributed by atoms with van der Waals surface area (Å²) in [6.45, 7) is 5.94. The molecule has 3 heterocycles. The van der Waals surface area contributed by atoms with Crippen molar-refractivity contribution in [1.82, 2.24) is 15.2 Å². The average molecular weight is 362 g/mol. The Morgan fingerprint density at radius 1 is 1.08 bits per heavy atom. The van der Waals surface area contributed by atoms with E-state index in [0.717, 1.165) is 27.0 Å². The Hall–Kier alpha value is -2.99. The quantitative estimate of drug-likeness (QED) is 0.546. The number of nitrogens with zero attached hydrogens (tertiary/aromatic N) is 2. The zero-order valence-electron chi connectivity index (χ0n) is 14.8. The lowest BCUT2D eigenvalue weighted by atomic mass is 10.1. The molecule has 0 atom stereocenters. The lowest BCUT2D eigenvalue weighted by Gasteiger charge is -2.07. The first-order valence-corrected chi connectivity index (χ1v) is 9.13. The highest BCUT2D eigenvalue weighted by Gasteiger charge is 2.14. The van der Waals surface area contributed by atoms with Gasteiger partial charge >= 0.3 is 0 Å². The van der Waals surface area contributed by atoms with E-state index in [1.807, 2.05) is 50.2 Å². The topological polar surface area (TPSA) is 70.7 Å². The summed E-state index contributed by atoms with van der Waals surface area (Å²) in [6, 6.07) is 13.8. The number of hydrogen-bond acceptors (Lipinski definition) is 4. The van der Waals surface area contributed by atoms with Crippen LogP contribution in [0, 0.1) is 20.8 Å². The SMILES string of the molecule is Cc1ccc2cc(C(=O)Nc3cc(-c4ccc(C)s4)[nH]n3)c(C)nc2c1. The molecule has 6 heteroatoms. The first-order chi connectivity index (χ1) is 12.5. The average Bonchev–Trinajstić information content (AvgIpc) is 3.23. The first kappa shape index (κ1) is 16.5. The molecular weight excluding hydrogens is 344 g/mol. The Balaban J connectivity index is 1.60. The summed E-state index contributed by atoms with van der Waals surface area (Å²) in [5.41, 5.74) is 4.19. The summed E-state index contributed by atoms with van der Waals surface area (Å²) in [7, 11) is 0. The van der Waals surface area contributed by atoms with Crippen molar-refractivity contribution < 1.29 is 4.79 Å². The van der Waals surface area contributed by atoms with Gasteiger partial charge in [0.1, 0.15) is 0 Å². The van der Waals surface area contributed by atoms with Crippen LogP contribution in [0.4, 0.5) is 5.82 Å². The number of thiophene rings is 1. The van der Waals surface area contributed by atoms with Gasteiger partial charge in [0.05, 0.1) is 27.3 Å². The second kappa shape index (κ2) is 6.38. The predicted molar refractivity (Wildman–Crippen MR) is 106 cm³/mol. The van der Waals surface area contributed by atoms with Crippen LogP contribution >= 0.6 is 11.3 Å². The molecule has 4 rings (SSSR count). The van der Waals surface area contributed by atoms with Crippen LogP contribution in [0.25, 0.3) is 21.5 Å². The number of aryl methyl sites for hydroxylation is 3. The third-order valence-electron chi connectivity index (χ3n) is 4.23. The molecule has 0 bridgehead atoms. The number of amides is 1. The number of aromatic nitrogens is 3. The van der Waals surface area contributed by atoms with Crippen LogP contribution in [0.15, 0.2) is 42.5 Å². The number of benzene rings is 1. The fourth-order valence-electron chi connectivity index (χ4n) is 2.88. The summed E-state index contributed by atoms with van der Waals surface area (Å²) >= 11 is 1.68. The molecule has 26 heavy (non-hydrogen) atoms. The van der Waals surface area contributed by atoms with Crippen molar-refractivity contribution in [3.05, 3.63) is 64.2 Å². The van der Waals surface area contributed by atoms with Crippen LogP contribution in [0.2, 0.25) is 0 Å². The van der Waals surface area contributed by atoms with Gasteiger partial charge in [0.25, 0.3) is 5.91 Å². The number of pyridine rings is 1. The Morgan fingerprint density at radius 3 is 2.69 bits per heavy atom. The maximum Gasteiger partial charge on any atom is 0.258 e. The zero-order valence-corrected chi connectivity index (χ0v) is 15.6. The van der Waals surface area contributed by atoms with Crippen LogP contribution in [0.1, 0.15) is 26.5 Å². The predicted octanol–water partition coefficient (Wildman–Crippen LogP) is 4.86. The summed E-state index contributed by atoms with van der Waals surface area (Å²) in [5, 5.41) is 11.0. The van der Waals surface area contributed by atoms with E-state index >= 15 is 0 Å². The molecule has 1 aromatic carbocycles. The molecule has 0 spiro atoms. The molecule has 5 nitrogen and oxygen atoms in total. The van der Waals surface area contributed by atoms with Gasteiger partial charge in [0.2, 0.25) is 0 Å². The standard InChI is InChI=1S/C20H18N4OS/c1-11-4-6-14-9-15(13(3)21-16(14)8-11)20(25)22-19-10-17(23-24-19)18-7-5-12(2)26-18/h4-10H,1-3H3,(H2,22,23,24,25). The van der Waals surface area contributed by atoms with Gasteiger partial charge < -0.3 is 5.32 Å². The van der Waals surface area contributed by atoms with Gasteiger partial charge in [-0.2, -0.15) is 5.10 Å². The van der Waals surface area contributed by atoms with Crippen molar-refractivity contribution in [2.45, 2.75) is 20.8 Å². The van der Waals surface area contributed by atoms with E-state index in [1.165, 1.54) is 4.88 Å². The molecule has 0 aliphatic carbocycles. The van der Waals surface area contributed by atoms with Crippen molar-refractivity contribution in [3.8, 4) is 10.6 Å². The number of carbonyl (C=O) groups is 1. The molecule has 0 saturated heterocycles. The number of nitrogens with one attached hydrogen (secondary N) is 2. The number of rotatable bonds is 3. The Labute approximate surface area is 155 Å². The number of aromatic amines is 1. The summed E-state index contributed by atoms with van der Waals surface area (Å²) in [5.74, 6) is 0.289. The zero-order chi connectivity index (χ0) is 18.3. The van der Waals surface area contributed by atoms with Gasteiger partial charge in [-0.15, -0.1) is 11.3 Å². The van der Waals surface area contributed by atoms with Gasteiger partial charge in [-0.3, -0.25) is 14.9 Å². The lowest BCUT2D eigenvalue weighted by molar-refractivity contribution is 0.102. The molecule has 2 N–H and O–H groups in total. The van der Waals surface area contributed by atoms with E-state index in [-0.39, 0.29) is 5.91 Å². The summed E-state index contributed by atoms with van der Waals surface area (Å²) in [4.78, 5) is 19.6. The third-order valence-corrected chi connectivity index (χ3v) is 5.27. The van der Waals surface area contributed by atoms with E-state index in [9.17, 15) is 4.79 Å². The lowest BCUT2D eigenvalue weighted by Crippen LogP contribution is -2.14. The molecule has 0 aliphatic heterocycles. The van der Waals surface area contributed by atoms with Gasteiger partial charge in [-0.05, 0) is 50.6 Å². The number of hydrogen-bond donors (Lipinski definition) is 2. The van der Waals surface area contributed by atoms with Crippen molar-refractivity contribution >= 4 is 34.0 Å². The molecule has 1 amide bonds. The largest absolute Gasteiger partial charge is 0.305 e. The van der Waals surface area contributed by atoms with Gasteiger partial charge in [-0.25, -0.2) is 0 Å². The minimum absolute atomic E-state index is 0.210. The van der Waals surface area contributed by atoms with Crippen LogP contribution < -0.4 is 5.32 Å². The minimum atomic E-state index is -0.210. The van der Waals surface area contributed by atoms with Gasteiger partial charge in [0, 0.05) is 16.3 Å². The highest BCUT2D eigenvalue weighted by molar-refractivity contribution is 7.15. The number of carbonyl (C=O) groups excluding carboxylic acids is 1. The van der Waals surface area contributed by atoms with E-state index in [2.05, 4.69) is 33.5 Å². The normalized spacial score (nSPS) is 11.0. The molecule has 3 aromatic heterocycles. The molecule has 0 saturated carbocycles. The van der Waals surface area contributed by atoms with E-state index in [0.29, 0.717) is 17.1 Å². The summed E-state index contributed by atoms with van der Waals surface area (Å²) in [6.07, 6.45) is 0. The van der Waals surface area contributed by atoms with Crippen molar-refractivity contribution in [2.75, 3.05) is 5.32 Å². The second-order valence-electron chi connectivity index (χ2n) is 6.35. The molecular formula is C20H18N4OS. The Bertz CT molecular complexity index is 1130. The number of fused-ring (bicyclic) bond motifs is 1. The molecule has 0 unspecified atom stereocenters. The molecule has 130 valence electrons. The summed E-state index contributed by atoms with van der Waals surface area (Å²) < 4.78 is 0. The second-order valence-corrected chi connectivity index (χ2v) is 7.64. The molecule has 0 radical (unpaired) electrons. The number of anilines is 1. The van der Waals surface area contributed by atoms with Gasteiger partial charge in [0.15, 0.2) is 5.82 Å². The third kappa shape index (κ3) is 3.11. The number of H-pyrrole nitrogens is 1. The maximum atomic E-state index is 12.7. The molecule has 4 aromatic rings. The first-order valence-electron chi connectivity index (χ1n) is 8.31. The Kier molecular flexibility index (Phi) is 4.05. The fourth-order valence-corrected chi connectivity index (χ4v) is 3.71. The van der Waals surface area contributed by atoms with E-state index in [4.69, 9.17) is 0 Å². The van der Waals surface area contributed by atoms with Crippen LogP contribution in [-0.2, 0) is 0 Å². The van der Waals surface area contributed by atoms with Crippen LogP contribution in [0.3, 0.4) is 0 Å². The Morgan fingerprint density at radius 2 is 1.92 bits per heavy atom. The highest BCUT2D eigenvalue weighted by Crippen LogP contribution is 2.27. The van der Waals surface area contributed by atoms with E-state index < -0.39 is 0 Å². The van der Waals surface area contributed by atoms with Crippen LogP contribution in [0.5, 0.6) is 0 Å². The fraction of sp³-hybridized carbons (Fsp3) is 0.150. The molecule has 0 aliphatic rings. The molecule has 0 fully saturated rings. The smallest absolute Gasteiger partial charge is 0.258 e. The van der Waals surface area contributed by atoms with Crippen molar-refractivity contribution in [2.24, 2.45) is 0 Å². The highest BCUT2D eigenvalue weighted by atomic mass is 32.1. The monoisotopic (exact) mass is 362 g/mol. The van der Waals surface area contributed by atoms with Crippen molar-refractivity contribution in [1.29, 1.82) is 0 Å². The van der Waals surface area contributed by atoms with Crippen LogP contribution in [-0.4, -0.2) is 21.1 Å².